The van der Waals surface area contributed by atoms with Crippen molar-refractivity contribution < 1.29 is 18.7 Å². The van der Waals surface area contributed by atoms with E-state index in [9.17, 15) is 9.18 Å². The Morgan fingerprint density at radius 3 is 2.30 bits per heavy atom. The van der Waals surface area contributed by atoms with Crippen molar-refractivity contribution >= 4 is 5.78 Å². The number of halogens is 1. The van der Waals surface area contributed by atoms with Crippen LogP contribution < -0.4 is 4.74 Å². The lowest BCUT2D eigenvalue weighted by Crippen LogP contribution is -2.40. The zero-order valence-corrected chi connectivity index (χ0v) is 12.1. The predicted molar refractivity (Wildman–Crippen MR) is 74.7 cm³/mol. The van der Waals surface area contributed by atoms with Gasteiger partial charge in [-0.3, -0.25) is 4.79 Å². The zero-order chi connectivity index (χ0) is 14.6. The molecule has 3 nitrogen and oxygen atoms in total. The molecule has 0 heterocycles. The maximum Gasteiger partial charge on any atom is 0.197 e. The molecule has 0 aromatic heterocycles. The highest BCUT2D eigenvalue weighted by Gasteiger charge is 2.40. The summed E-state index contributed by atoms with van der Waals surface area (Å²) < 4.78 is 24.6. The van der Waals surface area contributed by atoms with Crippen molar-refractivity contribution in [2.45, 2.75) is 44.1 Å². The van der Waals surface area contributed by atoms with Gasteiger partial charge in [0.25, 0.3) is 0 Å². The monoisotopic (exact) mass is 280 g/mol. The maximum absolute atomic E-state index is 14.1. The molecule has 0 amide bonds. The molecule has 0 unspecified atom stereocenters. The summed E-state index contributed by atoms with van der Waals surface area (Å²) in [5.74, 6) is -0.386. The van der Waals surface area contributed by atoms with Crippen LogP contribution in [-0.2, 0) is 4.74 Å². The Kier molecular flexibility index (Phi) is 4.76. The van der Waals surface area contributed by atoms with E-state index in [1.54, 1.807) is 13.2 Å². The summed E-state index contributed by atoms with van der Waals surface area (Å²) in [5, 5.41) is 0. The number of hydrogen-bond acceptors (Lipinski definition) is 3. The van der Waals surface area contributed by atoms with Crippen LogP contribution in [0.4, 0.5) is 4.39 Å². The molecule has 1 aromatic carbocycles. The summed E-state index contributed by atoms with van der Waals surface area (Å²) in [6, 6.07) is 4.34. The number of hydrogen-bond donors (Lipinski definition) is 0. The Balaban J connectivity index is 2.32. The van der Waals surface area contributed by atoms with Crippen molar-refractivity contribution in [1.29, 1.82) is 0 Å². The number of Topliss-reactive ketones (excluding diaryl/α,β-unsaturated/α-hetero) is 1. The van der Waals surface area contributed by atoms with Gasteiger partial charge in [-0.25, -0.2) is 4.39 Å². The summed E-state index contributed by atoms with van der Waals surface area (Å²) >= 11 is 0. The molecule has 0 saturated heterocycles. The fourth-order valence-corrected chi connectivity index (χ4v) is 2.88. The first-order valence-corrected chi connectivity index (χ1v) is 7.06. The predicted octanol–water partition coefficient (Wildman–Crippen LogP) is 3.76. The molecular weight excluding hydrogens is 259 g/mol. The minimum Gasteiger partial charge on any atom is -0.497 e. The lowest BCUT2D eigenvalue weighted by Gasteiger charge is -2.30. The van der Waals surface area contributed by atoms with E-state index in [0.29, 0.717) is 18.6 Å². The van der Waals surface area contributed by atoms with Crippen LogP contribution in [0.15, 0.2) is 18.2 Å². The van der Waals surface area contributed by atoms with Gasteiger partial charge >= 0.3 is 0 Å². The molecule has 0 atom stereocenters. The van der Waals surface area contributed by atoms with Gasteiger partial charge in [-0.05, 0) is 25.0 Å². The molecular formula is C16H21FO3. The number of ether oxygens (including phenoxy) is 2. The van der Waals surface area contributed by atoms with E-state index in [2.05, 4.69) is 0 Å². The Morgan fingerprint density at radius 1 is 1.15 bits per heavy atom. The first-order chi connectivity index (χ1) is 9.63. The van der Waals surface area contributed by atoms with Crippen molar-refractivity contribution in [2.75, 3.05) is 14.2 Å². The standard InChI is InChI=1S/C16H21FO3/c1-19-12-7-8-13(14(17)11-12)15(18)16(20-2)9-5-3-4-6-10-16/h7-8,11H,3-6,9-10H2,1-2H3. The molecule has 0 N–H and O–H groups in total. The number of ketones is 1. The van der Waals surface area contributed by atoms with Crippen molar-refractivity contribution in [2.24, 2.45) is 0 Å². The van der Waals surface area contributed by atoms with Gasteiger partial charge in [0.15, 0.2) is 5.78 Å². The van der Waals surface area contributed by atoms with Gasteiger partial charge < -0.3 is 9.47 Å². The Morgan fingerprint density at radius 2 is 1.80 bits per heavy atom. The van der Waals surface area contributed by atoms with Crippen LogP contribution in [-0.4, -0.2) is 25.6 Å². The average molecular weight is 280 g/mol. The van der Waals surface area contributed by atoms with Gasteiger partial charge in [-0.2, -0.15) is 0 Å². The summed E-state index contributed by atoms with van der Waals surface area (Å²) in [6.45, 7) is 0. The van der Waals surface area contributed by atoms with Crippen LogP contribution in [0.1, 0.15) is 48.9 Å². The van der Waals surface area contributed by atoms with Gasteiger partial charge in [-0.15, -0.1) is 0 Å². The third-order valence-electron chi connectivity index (χ3n) is 4.14. The highest BCUT2D eigenvalue weighted by Crippen LogP contribution is 2.34. The van der Waals surface area contributed by atoms with E-state index in [4.69, 9.17) is 9.47 Å². The SMILES string of the molecule is COc1ccc(C(=O)C2(OC)CCCCCC2)c(F)c1. The van der Waals surface area contributed by atoms with Crippen molar-refractivity contribution in [3.63, 3.8) is 0 Å². The van der Waals surface area contributed by atoms with Gasteiger partial charge in [0.05, 0.1) is 12.7 Å². The molecule has 0 bridgehead atoms. The molecule has 1 fully saturated rings. The van der Waals surface area contributed by atoms with E-state index in [1.165, 1.54) is 19.2 Å². The maximum atomic E-state index is 14.1. The van der Waals surface area contributed by atoms with Gasteiger partial charge in [0, 0.05) is 13.2 Å². The number of carbonyl (C=O) groups excluding carboxylic acids is 1. The third-order valence-corrected chi connectivity index (χ3v) is 4.14. The van der Waals surface area contributed by atoms with Gasteiger partial charge in [0.1, 0.15) is 17.2 Å². The Labute approximate surface area is 119 Å². The zero-order valence-electron chi connectivity index (χ0n) is 12.1. The van der Waals surface area contributed by atoms with Crippen molar-refractivity contribution in [3.8, 4) is 5.75 Å². The normalized spacial score (nSPS) is 18.4. The average Bonchev–Trinajstić information content (AvgIpc) is 2.72. The van der Waals surface area contributed by atoms with E-state index in [-0.39, 0.29) is 11.3 Å². The molecule has 0 radical (unpaired) electrons. The van der Waals surface area contributed by atoms with Crippen LogP contribution in [0.3, 0.4) is 0 Å². The molecule has 110 valence electrons. The fourth-order valence-electron chi connectivity index (χ4n) is 2.88. The van der Waals surface area contributed by atoms with Crippen LogP contribution in [0.2, 0.25) is 0 Å². The van der Waals surface area contributed by atoms with Crippen LogP contribution in [0, 0.1) is 5.82 Å². The number of methoxy groups -OCH3 is 2. The molecule has 1 saturated carbocycles. The molecule has 1 aromatic rings. The lowest BCUT2D eigenvalue weighted by atomic mass is 9.85. The van der Waals surface area contributed by atoms with E-state index >= 15 is 0 Å². The smallest absolute Gasteiger partial charge is 0.197 e. The number of carbonyl (C=O) groups is 1. The van der Waals surface area contributed by atoms with Gasteiger partial charge in [0.2, 0.25) is 0 Å². The molecule has 20 heavy (non-hydrogen) atoms. The van der Waals surface area contributed by atoms with Crippen LogP contribution in [0.5, 0.6) is 5.75 Å². The summed E-state index contributed by atoms with van der Waals surface area (Å²) in [4.78, 5) is 12.7. The second-order valence-electron chi connectivity index (χ2n) is 5.29. The minimum atomic E-state index is -0.869. The first-order valence-electron chi connectivity index (χ1n) is 7.06. The van der Waals surface area contributed by atoms with E-state index < -0.39 is 11.4 Å². The molecule has 1 aliphatic rings. The molecule has 0 spiro atoms. The topological polar surface area (TPSA) is 35.5 Å². The first kappa shape index (κ1) is 15.0. The van der Waals surface area contributed by atoms with Gasteiger partial charge in [-0.1, -0.05) is 25.7 Å². The summed E-state index contributed by atoms with van der Waals surface area (Å²) in [7, 11) is 3.02. The van der Waals surface area contributed by atoms with Crippen LogP contribution >= 0.6 is 0 Å². The van der Waals surface area contributed by atoms with E-state index in [1.807, 2.05) is 0 Å². The van der Waals surface area contributed by atoms with Crippen molar-refractivity contribution in [1.82, 2.24) is 0 Å². The second kappa shape index (κ2) is 6.35. The number of rotatable bonds is 4. The van der Waals surface area contributed by atoms with Crippen molar-refractivity contribution in [3.05, 3.63) is 29.6 Å². The molecule has 2 rings (SSSR count). The summed E-state index contributed by atoms with van der Waals surface area (Å²) in [5.41, 5.74) is -0.777. The number of benzene rings is 1. The quantitative estimate of drug-likeness (QED) is 0.622. The lowest BCUT2D eigenvalue weighted by molar-refractivity contribution is -0.00723. The second-order valence-corrected chi connectivity index (χ2v) is 5.29. The molecule has 1 aliphatic carbocycles. The highest BCUT2D eigenvalue weighted by atomic mass is 19.1. The Bertz CT molecular complexity index is 477. The Hall–Kier alpha value is -1.42. The third kappa shape index (κ3) is 2.85. The minimum absolute atomic E-state index is 0.0922. The molecule has 4 heteroatoms. The molecule has 0 aliphatic heterocycles. The highest BCUT2D eigenvalue weighted by molar-refractivity contribution is 6.02. The summed E-state index contributed by atoms with van der Waals surface area (Å²) in [6.07, 6.45) is 5.41. The largest absolute Gasteiger partial charge is 0.497 e. The van der Waals surface area contributed by atoms with E-state index in [0.717, 1.165) is 25.7 Å². The van der Waals surface area contributed by atoms with Crippen LogP contribution in [0.25, 0.3) is 0 Å². The fraction of sp³-hybridized carbons (Fsp3) is 0.562.